The highest BCUT2D eigenvalue weighted by Gasteiger charge is 2.15. The van der Waals surface area contributed by atoms with Crippen molar-refractivity contribution >= 4 is 5.91 Å². The van der Waals surface area contributed by atoms with Crippen molar-refractivity contribution in [1.82, 2.24) is 10.6 Å². The summed E-state index contributed by atoms with van der Waals surface area (Å²) in [6, 6.07) is 10.2. The molecule has 0 radical (unpaired) electrons. The second-order valence-corrected chi connectivity index (χ2v) is 5.02. The first-order valence-corrected chi connectivity index (χ1v) is 7.23. The summed E-state index contributed by atoms with van der Waals surface area (Å²) >= 11 is 0. The predicted molar refractivity (Wildman–Crippen MR) is 80.0 cm³/mol. The van der Waals surface area contributed by atoms with Gasteiger partial charge in [0, 0.05) is 12.6 Å². The second-order valence-electron chi connectivity index (χ2n) is 5.02. The Morgan fingerprint density at radius 3 is 2.47 bits per heavy atom. The van der Waals surface area contributed by atoms with Crippen LogP contribution in [0.25, 0.3) is 0 Å². The fraction of sp³-hybridized carbons (Fsp3) is 0.562. The molecule has 1 aromatic carbocycles. The van der Waals surface area contributed by atoms with Gasteiger partial charge in [-0.05, 0) is 25.8 Å². The van der Waals surface area contributed by atoms with Crippen LogP contribution in [0.4, 0.5) is 0 Å². The Bertz CT molecular complexity index is 364. The zero-order valence-electron chi connectivity index (χ0n) is 12.3. The Kier molecular flexibility index (Phi) is 7.19. The van der Waals surface area contributed by atoms with Crippen molar-refractivity contribution < 1.29 is 4.79 Å². The third-order valence-corrected chi connectivity index (χ3v) is 3.27. The number of benzene rings is 1. The fourth-order valence-electron chi connectivity index (χ4n) is 2.03. The molecule has 19 heavy (non-hydrogen) atoms. The Labute approximate surface area is 116 Å². The lowest BCUT2D eigenvalue weighted by Gasteiger charge is -2.20. The molecular formula is C16H26N2O. The van der Waals surface area contributed by atoms with E-state index in [0.29, 0.717) is 0 Å². The van der Waals surface area contributed by atoms with Crippen LogP contribution in [0.2, 0.25) is 0 Å². The average Bonchev–Trinajstić information content (AvgIpc) is 2.44. The van der Waals surface area contributed by atoms with E-state index < -0.39 is 0 Å². The van der Waals surface area contributed by atoms with Crippen LogP contribution in [-0.2, 0) is 4.79 Å². The van der Waals surface area contributed by atoms with E-state index in [0.717, 1.165) is 13.0 Å². The molecule has 0 saturated carbocycles. The third kappa shape index (κ3) is 5.88. The van der Waals surface area contributed by atoms with Gasteiger partial charge in [-0.2, -0.15) is 0 Å². The number of rotatable bonds is 8. The lowest BCUT2D eigenvalue weighted by Crippen LogP contribution is -2.43. The topological polar surface area (TPSA) is 41.1 Å². The van der Waals surface area contributed by atoms with Crippen molar-refractivity contribution in [2.75, 3.05) is 6.54 Å². The molecule has 3 nitrogen and oxygen atoms in total. The maximum Gasteiger partial charge on any atom is 0.236 e. The van der Waals surface area contributed by atoms with Crippen LogP contribution in [0.15, 0.2) is 30.3 Å². The van der Waals surface area contributed by atoms with E-state index in [1.54, 1.807) is 0 Å². The molecule has 106 valence electrons. The molecule has 1 rings (SSSR count). The monoisotopic (exact) mass is 262 g/mol. The minimum absolute atomic E-state index is 0.0823. The lowest BCUT2D eigenvalue weighted by molar-refractivity contribution is -0.122. The van der Waals surface area contributed by atoms with Gasteiger partial charge in [0.25, 0.3) is 0 Å². The standard InChI is InChI=1S/C16H26N2O/c1-4-5-9-12-17-16(19)14(3)18-13(2)15-10-7-6-8-11-15/h6-8,10-11,13-14,18H,4-5,9,12H2,1-3H3,(H,17,19)/t13-,14?/m1/s1. The molecule has 0 aromatic heterocycles. The van der Waals surface area contributed by atoms with Crippen molar-refractivity contribution in [3.8, 4) is 0 Å². The Hall–Kier alpha value is -1.35. The van der Waals surface area contributed by atoms with E-state index >= 15 is 0 Å². The number of hydrogen-bond acceptors (Lipinski definition) is 2. The fourth-order valence-corrected chi connectivity index (χ4v) is 2.03. The van der Waals surface area contributed by atoms with E-state index in [4.69, 9.17) is 0 Å². The minimum atomic E-state index is -0.170. The van der Waals surface area contributed by atoms with Gasteiger partial charge in [0.15, 0.2) is 0 Å². The highest BCUT2D eigenvalue weighted by Crippen LogP contribution is 2.11. The van der Waals surface area contributed by atoms with Gasteiger partial charge in [0.2, 0.25) is 5.91 Å². The van der Waals surface area contributed by atoms with Gasteiger partial charge in [-0.3, -0.25) is 10.1 Å². The van der Waals surface area contributed by atoms with E-state index in [9.17, 15) is 4.79 Å². The van der Waals surface area contributed by atoms with Gasteiger partial charge >= 0.3 is 0 Å². The Morgan fingerprint density at radius 2 is 1.84 bits per heavy atom. The first kappa shape index (κ1) is 15.7. The summed E-state index contributed by atoms with van der Waals surface area (Å²) in [6.07, 6.45) is 3.40. The number of hydrogen-bond donors (Lipinski definition) is 2. The molecule has 2 N–H and O–H groups in total. The molecule has 1 aromatic rings. The molecule has 0 aliphatic rings. The second kappa shape index (κ2) is 8.70. The van der Waals surface area contributed by atoms with Gasteiger partial charge in [0.1, 0.15) is 0 Å². The van der Waals surface area contributed by atoms with Crippen molar-refractivity contribution in [1.29, 1.82) is 0 Å². The zero-order chi connectivity index (χ0) is 14.1. The summed E-state index contributed by atoms with van der Waals surface area (Å²) < 4.78 is 0. The maximum atomic E-state index is 11.9. The normalized spacial score (nSPS) is 13.8. The number of carbonyl (C=O) groups excluding carboxylic acids is 1. The van der Waals surface area contributed by atoms with Gasteiger partial charge in [0.05, 0.1) is 6.04 Å². The molecule has 0 aliphatic heterocycles. The van der Waals surface area contributed by atoms with Crippen LogP contribution in [0.5, 0.6) is 0 Å². The van der Waals surface area contributed by atoms with E-state index in [2.05, 4.69) is 36.6 Å². The quantitative estimate of drug-likeness (QED) is 0.707. The van der Waals surface area contributed by atoms with Crippen molar-refractivity contribution in [3.05, 3.63) is 35.9 Å². The molecule has 0 bridgehead atoms. The largest absolute Gasteiger partial charge is 0.355 e. The van der Waals surface area contributed by atoms with Crippen LogP contribution < -0.4 is 10.6 Å². The van der Waals surface area contributed by atoms with Crippen LogP contribution in [-0.4, -0.2) is 18.5 Å². The highest BCUT2D eigenvalue weighted by molar-refractivity contribution is 5.81. The first-order valence-electron chi connectivity index (χ1n) is 7.23. The molecule has 0 spiro atoms. The molecule has 2 atom stereocenters. The summed E-state index contributed by atoms with van der Waals surface area (Å²) in [5.74, 6) is 0.0823. The van der Waals surface area contributed by atoms with Crippen LogP contribution >= 0.6 is 0 Å². The molecule has 3 heteroatoms. The van der Waals surface area contributed by atoms with E-state index in [1.807, 2.05) is 25.1 Å². The number of carbonyl (C=O) groups is 1. The molecule has 1 unspecified atom stereocenters. The summed E-state index contributed by atoms with van der Waals surface area (Å²) in [5.41, 5.74) is 1.20. The van der Waals surface area contributed by atoms with Crippen LogP contribution in [0.3, 0.4) is 0 Å². The molecule has 0 saturated heterocycles. The Morgan fingerprint density at radius 1 is 1.16 bits per heavy atom. The summed E-state index contributed by atoms with van der Waals surface area (Å²) in [5, 5.41) is 6.30. The minimum Gasteiger partial charge on any atom is -0.355 e. The molecule has 0 heterocycles. The van der Waals surface area contributed by atoms with Crippen LogP contribution in [0.1, 0.15) is 51.6 Å². The SMILES string of the molecule is CCCCCNC(=O)C(C)N[C@H](C)c1ccccc1. The number of unbranched alkanes of at least 4 members (excludes halogenated alkanes) is 2. The number of amides is 1. The highest BCUT2D eigenvalue weighted by atomic mass is 16.2. The predicted octanol–water partition coefficient (Wildman–Crippen LogP) is 3.03. The number of nitrogens with one attached hydrogen (secondary N) is 2. The average molecular weight is 262 g/mol. The first-order chi connectivity index (χ1) is 9.15. The van der Waals surface area contributed by atoms with Gasteiger partial charge in [-0.25, -0.2) is 0 Å². The van der Waals surface area contributed by atoms with Gasteiger partial charge in [-0.15, -0.1) is 0 Å². The molecule has 0 aliphatic carbocycles. The van der Waals surface area contributed by atoms with Crippen molar-refractivity contribution in [3.63, 3.8) is 0 Å². The zero-order valence-corrected chi connectivity index (χ0v) is 12.3. The third-order valence-electron chi connectivity index (χ3n) is 3.27. The Balaban J connectivity index is 2.33. The van der Waals surface area contributed by atoms with Gasteiger partial charge in [-0.1, -0.05) is 50.1 Å². The van der Waals surface area contributed by atoms with Crippen molar-refractivity contribution in [2.24, 2.45) is 0 Å². The lowest BCUT2D eigenvalue weighted by atomic mass is 10.1. The smallest absolute Gasteiger partial charge is 0.236 e. The van der Waals surface area contributed by atoms with Crippen LogP contribution in [0, 0.1) is 0 Å². The van der Waals surface area contributed by atoms with Crippen molar-refractivity contribution in [2.45, 2.75) is 52.1 Å². The molecule has 0 fully saturated rings. The molecule has 1 amide bonds. The van der Waals surface area contributed by atoms with Gasteiger partial charge < -0.3 is 5.32 Å². The van der Waals surface area contributed by atoms with E-state index in [1.165, 1.54) is 18.4 Å². The molecular weight excluding hydrogens is 236 g/mol. The summed E-state index contributed by atoms with van der Waals surface area (Å²) in [4.78, 5) is 11.9. The van der Waals surface area contributed by atoms with E-state index in [-0.39, 0.29) is 18.0 Å². The summed E-state index contributed by atoms with van der Waals surface area (Å²) in [6.45, 7) is 6.93. The maximum absolute atomic E-state index is 11.9. The summed E-state index contributed by atoms with van der Waals surface area (Å²) in [7, 11) is 0.